The molecule has 1 saturated heterocycles. The predicted octanol–water partition coefficient (Wildman–Crippen LogP) is 3.74. The maximum atomic E-state index is 14.3. The quantitative estimate of drug-likeness (QED) is 0.272. The van der Waals surface area contributed by atoms with Crippen LogP contribution in [0.5, 0.6) is 0 Å². The van der Waals surface area contributed by atoms with Gasteiger partial charge in [-0.3, -0.25) is 14.2 Å². The van der Waals surface area contributed by atoms with E-state index in [-0.39, 0.29) is 6.54 Å². The Morgan fingerprint density at radius 3 is 2.44 bits per heavy atom. The first-order chi connectivity index (χ1) is 20.9. The first-order valence-corrected chi connectivity index (χ1v) is 15.2. The Labute approximate surface area is 254 Å². The van der Waals surface area contributed by atoms with E-state index < -0.39 is 11.2 Å². The molecule has 0 unspecified atom stereocenters. The Morgan fingerprint density at radius 2 is 1.77 bits per heavy atom. The summed E-state index contributed by atoms with van der Waals surface area (Å²) in [7, 11) is 3.18. The van der Waals surface area contributed by atoms with Crippen molar-refractivity contribution in [2.24, 2.45) is 7.05 Å². The molecule has 4 aromatic rings. The number of rotatable bonds is 6. The number of allylic oxidation sites excluding steroid dienone is 2. The molecule has 5 rings (SSSR count). The molecule has 0 amide bonds. The Bertz CT molecular complexity index is 1740. The molecule has 4 heterocycles. The lowest BCUT2D eigenvalue weighted by Gasteiger charge is -2.24. The summed E-state index contributed by atoms with van der Waals surface area (Å²) in [6.07, 6.45) is 4.73. The second-order valence-electron chi connectivity index (χ2n) is 10.1. The van der Waals surface area contributed by atoms with Crippen LogP contribution in [0.1, 0.15) is 59.2 Å². The lowest BCUT2D eigenvalue weighted by atomic mass is 10.1. The van der Waals surface area contributed by atoms with Crippen molar-refractivity contribution in [3.05, 3.63) is 80.3 Å². The third-order valence-corrected chi connectivity index (χ3v) is 7.38. The first kappa shape index (κ1) is 33.1. The predicted molar refractivity (Wildman–Crippen MR) is 174 cm³/mol. The van der Waals surface area contributed by atoms with Crippen LogP contribution in [0.4, 0.5) is 5.82 Å². The van der Waals surface area contributed by atoms with Gasteiger partial charge >= 0.3 is 5.69 Å². The topological polar surface area (TPSA) is 101 Å². The van der Waals surface area contributed by atoms with Crippen LogP contribution in [-0.4, -0.2) is 47.0 Å². The van der Waals surface area contributed by atoms with Crippen molar-refractivity contribution in [3.8, 4) is 6.07 Å². The number of nitrogens with one attached hydrogen (secondary N) is 1. The van der Waals surface area contributed by atoms with Crippen molar-refractivity contribution >= 4 is 27.6 Å². The zero-order chi connectivity index (χ0) is 31.7. The first-order valence-electron chi connectivity index (χ1n) is 15.2. The summed E-state index contributed by atoms with van der Waals surface area (Å²) < 4.78 is 6.18. The van der Waals surface area contributed by atoms with Crippen LogP contribution in [0.15, 0.2) is 57.8 Å². The van der Waals surface area contributed by atoms with Crippen molar-refractivity contribution in [1.82, 2.24) is 19.0 Å². The van der Waals surface area contributed by atoms with Gasteiger partial charge in [-0.15, -0.1) is 0 Å². The van der Waals surface area contributed by atoms with Gasteiger partial charge in [-0.1, -0.05) is 57.5 Å². The summed E-state index contributed by atoms with van der Waals surface area (Å²) in [6.45, 7) is 15.5. The molecule has 1 aromatic carbocycles. The van der Waals surface area contributed by atoms with E-state index in [1.807, 2.05) is 82.5 Å². The normalized spacial score (nSPS) is 12.9. The molecule has 10 nitrogen and oxygen atoms in total. The van der Waals surface area contributed by atoms with E-state index in [1.54, 1.807) is 25.1 Å². The fourth-order valence-electron chi connectivity index (χ4n) is 5.45. The lowest BCUT2D eigenvalue weighted by Crippen LogP contribution is -2.48. The summed E-state index contributed by atoms with van der Waals surface area (Å²) >= 11 is 0. The molecule has 0 spiro atoms. The van der Waals surface area contributed by atoms with Gasteiger partial charge in [0, 0.05) is 44.0 Å². The number of hydrogen-bond donors (Lipinski definition) is 1. The molecule has 1 aliphatic heterocycles. The summed E-state index contributed by atoms with van der Waals surface area (Å²) in [6, 6.07) is 12.1. The van der Waals surface area contributed by atoms with Crippen LogP contribution >= 0.6 is 0 Å². The number of hydrogen-bond acceptors (Lipinski definition) is 6. The number of anilines is 1. The lowest BCUT2D eigenvalue weighted by molar-refractivity contribution is -0.889. The van der Waals surface area contributed by atoms with Crippen LogP contribution in [0.3, 0.4) is 0 Å². The second kappa shape index (κ2) is 15.2. The fraction of sp³-hybridized carbons (Fsp3) is 0.455. The van der Waals surface area contributed by atoms with Gasteiger partial charge in [-0.05, 0) is 38.3 Å². The number of aryl methyl sites for hydroxylation is 1. The van der Waals surface area contributed by atoms with Gasteiger partial charge in [-0.25, -0.2) is 9.36 Å². The SMILES string of the molecule is CC.CC.CO[n+]1ccc2ccccc2c1Cn1c(=O)c2c(c(C#N)c(N3CCCNCC3)n2CC=C(C)C)n(C)c1=O. The molecule has 0 radical (unpaired) electrons. The number of fused-ring (bicyclic) bond motifs is 2. The van der Waals surface area contributed by atoms with Crippen molar-refractivity contribution in [2.45, 2.75) is 61.1 Å². The molecule has 0 saturated carbocycles. The van der Waals surface area contributed by atoms with Gasteiger partial charge < -0.3 is 14.8 Å². The van der Waals surface area contributed by atoms with Crippen LogP contribution in [0.25, 0.3) is 21.8 Å². The van der Waals surface area contributed by atoms with Crippen molar-refractivity contribution < 1.29 is 9.57 Å². The Morgan fingerprint density at radius 1 is 1.05 bits per heavy atom. The fourth-order valence-corrected chi connectivity index (χ4v) is 5.45. The van der Waals surface area contributed by atoms with Gasteiger partial charge in [0.15, 0.2) is 0 Å². The van der Waals surface area contributed by atoms with Gasteiger partial charge in [0.2, 0.25) is 6.20 Å². The summed E-state index contributed by atoms with van der Waals surface area (Å²) in [5, 5.41) is 15.6. The largest absolute Gasteiger partial charge is 0.356 e. The third kappa shape index (κ3) is 6.52. The summed E-state index contributed by atoms with van der Waals surface area (Å²) in [5.74, 6) is 0.690. The third-order valence-electron chi connectivity index (χ3n) is 7.38. The van der Waals surface area contributed by atoms with Crippen LogP contribution < -0.4 is 31.0 Å². The Kier molecular flexibility index (Phi) is 11.7. The van der Waals surface area contributed by atoms with E-state index in [1.165, 1.54) is 9.13 Å². The highest BCUT2D eigenvalue weighted by atomic mass is 16.6. The van der Waals surface area contributed by atoms with Crippen LogP contribution in [0.2, 0.25) is 0 Å². The average Bonchev–Trinajstić information content (AvgIpc) is 3.15. The molecule has 1 N–H and O–H groups in total. The van der Waals surface area contributed by atoms with Crippen molar-refractivity contribution in [3.63, 3.8) is 0 Å². The molecule has 3 aromatic heterocycles. The maximum Gasteiger partial charge on any atom is 0.331 e. The van der Waals surface area contributed by atoms with E-state index in [0.29, 0.717) is 41.2 Å². The zero-order valence-corrected chi connectivity index (χ0v) is 26.9. The molecule has 0 atom stereocenters. The van der Waals surface area contributed by atoms with Gasteiger partial charge in [0.1, 0.15) is 36.6 Å². The van der Waals surface area contributed by atoms with Gasteiger partial charge in [-0.2, -0.15) is 5.26 Å². The van der Waals surface area contributed by atoms with Crippen molar-refractivity contribution in [1.29, 1.82) is 5.26 Å². The molecular formula is C33H46N7O3+. The molecule has 43 heavy (non-hydrogen) atoms. The molecular weight excluding hydrogens is 542 g/mol. The summed E-state index contributed by atoms with van der Waals surface area (Å²) in [5.41, 5.74) is 1.94. The van der Waals surface area contributed by atoms with E-state index in [2.05, 4.69) is 16.3 Å². The van der Waals surface area contributed by atoms with Crippen molar-refractivity contribution in [2.75, 3.05) is 38.2 Å². The van der Waals surface area contributed by atoms with E-state index in [9.17, 15) is 14.9 Å². The minimum Gasteiger partial charge on any atom is -0.356 e. The highest BCUT2D eigenvalue weighted by Crippen LogP contribution is 2.31. The number of pyridine rings is 1. The van der Waals surface area contributed by atoms with E-state index in [4.69, 9.17) is 4.84 Å². The average molecular weight is 589 g/mol. The molecule has 0 bridgehead atoms. The minimum atomic E-state index is -0.483. The number of nitrogens with zero attached hydrogens (tertiary/aromatic N) is 6. The summed E-state index contributed by atoms with van der Waals surface area (Å²) in [4.78, 5) is 35.7. The highest BCUT2D eigenvalue weighted by molar-refractivity contribution is 5.90. The Hall–Kier alpha value is -4.36. The van der Waals surface area contributed by atoms with E-state index >= 15 is 0 Å². The smallest absolute Gasteiger partial charge is 0.331 e. The monoisotopic (exact) mass is 588 g/mol. The molecule has 0 aliphatic carbocycles. The van der Waals surface area contributed by atoms with Gasteiger partial charge in [0.25, 0.3) is 11.3 Å². The maximum absolute atomic E-state index is 14.3. The standard InChI is InChI=1S/C29H34N7O3.2C2H6/c1-20(2)10-15-34-26-25(23(18-30)27(34)33-14-7-12-31-13-17-33)32(3)29(38)35(28(26)37)19-24-22-9-6-5-8-21(22)11-16-36(24)39-4;2*1-2/h5-6,8-11,16,31H,7,12-15,17,19H2,1-4H3;2*1-2H3/q+1;;. The zero-order valence-electron chi connectivity index (χ0n) is 26.9. The number of aromatic nitrogens is 4. The van der Waals surface area contributed by atoms with Gasteiger partial charge in [0.05, 0.1) is 10.9 Å². The molecule has 230 valence electrons. The Balaban J connectivity index is 0.00000121. The van der Waals surface area contributed by atoms with Crippen LogP contribution in [0, 0.1) is 11.3 Å². The molecule has 1 aliphatic rings. The molecule has 1 fully saturated rings. The molecule has 10 heteroatoms. The van der Waals surface area contributed by atoms with Crippen LogP contribution in [-0.2, 0) is 20.1 Å². The minimum absolute atomic E-state index is 0.00925. The highest BCUT2D eigenvalue weighted by Gasteiger charge is 2.29. The van der Waals surface area contributed by atoms with E-state index in [0.717, 1.165) is 42.4 Å². The number of nitriles is 1. The number of benzene rings is 1. The second-order valence-corrected chi connectivity index (χ2v) is 10.1.